The Morgan fingerprint density at radius 2 is 1.67 bits per heavy atom. The van der Waals surface area contributed by atoms with Crippen molar-refractivity contribution in [3.8, 4) is 0 Å². The number of piperazine rings is 1. The van der Waals surface area contributed by atoms with E-state index in [1.165, 1.54) is 4.31 Å². The molecule has 0 radical (unpaired) electrons. The van der Waals surface area contributed by atoms with Crippen molar-refractivity contribution >= 4 is 15.9 Å². The number of nitrogens with zero attached hydrogens (tertiary/aromatic N) is 2. The quantitative estimate of drug-likeness (QED) is 0.867. The zero-order valence-corrected chi connectivity index (χ0v) is 15.4. The zero-order valence-electron chi connectivity index (χ0n) is 14.6. The second kappa shape index (κ2) is 7.63. The number of sulfonamides is 1. The lowest BCUT2D eigenvalue weighted by Gasteiger charge is -2.34. The molecule has 7 heteroatoms. The van der Waals surface area contributed by atoms with Crippen LogP contribution in [0.1, 0.15) is 38.7 Å². The van der Waals surface area contributed by atoms with Gasteiger partial charge in [0.25, 0.3) is 0 Å². The highest BCUT2D eigenvalue weighted by molar-refractivity contribution is 7.89. The number of nitrogens with two attached hydrogens (primary N) is 1. The number of carbonyl (C=O) groups excluding carboxylic acids is 1. The molecule has 1 heterocycles. The maximum atomic E-state index is 12.7. The molecule has 1 aliphatic heterocycles. The van der Waals surface area contributed by atoms with Gasteiger partial charge < -0.3 is 10.6 Å². The van der Waals surface area contributed by atoms with Gasteiger partial charge in [-0.3, -0.25) is 4.79 Å². The van der Waals surface area contributed by atoms with Crippen molar-refractivity contribution in [2.45, 2.75) is 44.0 Å². The van der Waals surface area contributed by atoms with Crippen LogP contribution in [0.3, 0.4) is 0 Å². The van der Waals surface area contributed by atoms with Crippen molar-refractivity contribution in [2.75, 3.05) is 26.2 Å². The van der Waals surface area contributed by atoms with Crippen molar-refractivity contribution in [3.05, 3.63) is 29.8 Å². The molecular weight excluding hydrogens is 326 g/mol. The Balaban J connectivity index is 2.08. The van der Waals surface area contributed by atoms with Crippen LogP contribution in [-0.4, -0.2) is 55.8 Å². The summed E-state index contributed by atoms with van der Waals surface area (Å²) in [5.41, 5.74) is 6.75. The fourth-order valence-corrected chi connectivity index (χ4v) is 4.21. The fourth-order valence-electron chi connectivity index (χ4n) is 2.79. The minimum Gasteiger partial charge on any atom is -0.339 e. The summed E-state index contributed by atoms with van der Waals surface area (Å²) >= 11 is 0. The van der Waals surface area contributed by atoms with Gasteiger partial charge in [-0.15, -0.1) is 0 Å². The molecule has 2 atom stereocenters. The highest BCUT2D eigenvalue weighted by atomic mass is 32.2. The van der Waals surface area contributed by atoms with Gasteiger partial charge in [0.2, 0.25) is 15.9 Å². The molecule has 2 N–H and O–H groups in total. The van der Waals surface area contributed by atoms with Gasteiger partial charge in [-0.1, -0.05) is 26.0 Å². The third-order valence-electron chi connectivity index (χ3n) is 4.64. The Bertz CT molecular complexity index is 663. The third-order valence-corrected chi connectivity index (χ3v) is 6.55. The SMILES string of the molecule is CCC(C)c1ccc(S(=O)(=O)N2CCN(C(=O)[C@@H](C)N)CC2)cc1. The molecule has 1 amide bonds. The predicted molar refractivity (Wildman–Crippen MR) is 94.1 cm³/mol. The van der Waals surface area contributed by atoms with Crippen molar-refractivity contribution in [1.82, 2.24) is 9.21 Å². The van der Waals surface area contributed by atoms with Gasteiger partial charge in [0.05, 0.1) is 10.9 Å². The standard InChI is InChI=1S/C17H27N3O3S/c1-4-13(2)15-5-7-16(8-6-15)24(22,23)20-11-9-19(10-12-20)17(21)14(3)18/h5-8,13-14H,4,9-12,18H2,1-3H3/t13?,14-/m1/s1. The van der Waals surface area contributed by atoms with Gasteiger partial charge in [-0.05, 0) is 37.0 Å². The van der Waals surface area contributed by atoms with E-state index in [0.29, 0.717) is 37.0 Å². The summed E-state index contributed by atoms with van der Waals surface area (Å²) in [6.45, 7) is 7.23. The van der Waals surface area contributed by atoms with Crippen molar-refractivity contribution < 1.29 is 13.2 Å². The topological polar surface area (TPSA) is 83.7 Å². The summed E-state index contributed by atoms with van der Waals surface area (Å²) in [4.78, 5) is 13.8. The molecule has 24 heavy (non-hydrogen) atoms. The van der Waals surface area contributed by atoms with Crippen LogP contribution in [0.4, 0.5) is 0 Å². The van der Waals surface area contributed by atoms with Crippen LogP contribution in [0.2, 0.25) is 0 Å². The van der Waals surface area contributed by atoms with E-state index in [-0.39, 0.29) is 5.91 Å². The lowest BCUT2D eigenvalue weighted by Crippen LogP contribution is -2.53. The Labute approximate surface area is 144 Å². The van der Waals surface area contributed by atoms with E-state index < -0.39 is 16.1 Å². The van der Waals surface area contributed by atoms with E-state index in [1.807, 2.05) is 12.1 Å². The normalized spacial score (nSPS) is 19.1. The average Bonchev–Trinajstić information content (AvgIpc) is 2.60. The van der Waals surface area contributed by atoms with Crippen molar-refractivity contribution in [3.63, 3.8) is 0 Å². The van der Waals surface area contributed by atoms with Crippen LogP contribution in [0.5, 0.6) is 0 Å². The van der Waals surface area contributed by atoms with Crippen molar-refractivity contribution in [1.29, 1.82) is 0 Å². The lowest BCUT2D eigenvalue weighted by atomic mass is 9.99. The lowest BCUT2D eigenvalue weighted by molar-refractivity contribution is -0.133. The molecule has 1 unspecified atom stereocenters. The molecule has 0 bridgehead atoms. The number of hydrogen-bond acceptors (Lipinski definition) is 4. The molecule has 0 aromatic heterocycles. The number of rotatable bonds is 5. The van der Waals surface area contributed by atoms with Crippen LogP contribution >= 0.6 is 0 Å². The molecule has 1 aromatic carbocycles. The molecule has 1 saturated heterocycles. The molecule has 0 spiro atoms. The monoisotopic (exact) mass is 353 g/mol. The van der Waals surface area contributed by atoms with Gasteiger partial charge in [0.1, 0.15) is 0 Å². The van der Waals surface area contributed by atoms with Crippen LogP contribution in [0.15, 0.2) is 29.2 Å². The molecule has 1 aromatic rings. The predicted octanol–water partition coefficient (Wildman–Crippen LogP) is 1.38. The summed E-state index contributed by atoms with van der Waals surface area (Å²) in [7, 11) is -3.52. The van der Waals surface area contributed by atoms with E-state index in [9.17, 15) is 13.2 Å². The Morgan fingerprint density at radius 1 is 1.12 bits per heavy atom. The minimum absolute atomic E-state index is 0.134. The average molecular weight is 353 g/mol. The van der Waals surface area contributed by atoms with Crippen LogP contribution in [0.25, 0.3) is 0 Å². The maximum absolute atomic E-state index is 12.7. The first-order chi connectivity index (χ1) is 11.3. The molecule has 6 nitrogen and oxygen atoms in total. The number of carbonyl (C=O) groups is 1. The zero-order chi connectivity index (χ0) is 17.9. The first-order valence-electron chi connectivity index (χ1n) is 8.41. The first kappa shape index (κ1) is 18.9. The Kier molecular flexibility index (Phi) is 6.01. The van der Waals surface area contributed by atoms with Gasteiger partial charge in [0.15, 0.2) is 0 Å². The summed E-state index contributed by atoms with van der Waals surface area (Å²) in [5.74, 6) is 0.277. The summed E-state index contributed by atoms with van der Waals surface area (Å²) in [6.07, 6.45) is 1.02. The van der Waals surface area contributed by atoms with Crippen LogP contribution in [-0.2, 0) is 14.8 Å². The minimum atomic E-state index is -3.52. The van der Waals surface area contributed by atoms with E-state index in [2.05, 4.69) is 13.8 Å². The Morgan fingerprint density at radius 3 is 2.12 bits per heavy atom. The van der Waals surface area contributed by atoms with Gasteiger partial charge in [0, 0.05) is 26.2 Å². The summed E-state index contributed by atoms with van der Waals surface area (Å²) in [5, 5.41) is 0. The maximum Gasteiger partial charge on any atom is 0.243 e. The van der Waals surface area contributed by atoms with Crippen LogP contribution in [0, 0.1) is 0 Å². The first-order valence-corrected chi connectivity index (χ1v) is 9.85. The van der Waals surface area contributed by atoms with Crippen LogP contribution < -0.4 is 5.73 Å². The summed E-state index contributed by atoms with van der Waals surface area (Å²) < 4.78 is 26.9. The van der Waals surface area contributed by atoms with E-state index in [4.69, 9.17) is 5.73 Å². The second-order valence-corrected chi connectivity index (χ2v) is 8.33. The third kappa shape index (κ3) is 3.96. The van der Waals surface area contributed by atoms with E-state index in [0.717, 1.165) is 12.0 Å². The molecular formula is C17H27N3O3S. The Hall–Kier alpha value is -1.44. The molecule has 1 aliphatic rings. The molecule has 0 saturated carbocycles. The highest BCUT2D eigenvalue weighted by Crippen LogP contribution is 2.23. The van der Waals surface area contributed by atoms with E-state index in [1.54, 1.807) is 24.0 Å². The van der Waals surface area contributed by atoms with Gasteiger partial charge in [-0.2, -0.15) is 4.31 Å². The smallest absolute Gasteiger partial charge is 0.243 e. The largest absolute Gasteiger partial charge is 0.339 e. The number of benzene rings is 1. The molecule has 1 fully saturated rings. The second-order valence-electron chi connectivity index (χ2n) is 6.40. The van der Waals surface area contributed by atoms with Gasteiger partial charge in [-0.25, -0.2) is 8.42 Å². The van der Waals surface area contributed by atoms with E-state index >= 15 is 0 Å². The number of hydrogen-bond donors (Lipinski definition) is 1. The number of amides is 1. The van der Waals surface area contributed by atoms with Crippen molar-refractivity contribution in [2.24, 2.45) is 5.73 Å². The summed E-state index contributed by atoms with van der Waals surface area (Å²) in [6, 6.07) is 6.57. The fraction of sp³-hybridized carbons (Fsp3) is 0.588. The molecule has 134 valence electrons. The molecule has 2 rings (SSSR count). The van der Waals surface area contributed by atoms with Gasteiger partial charge >= 0.3 is 0 Å². The molecule has 0 aliphatic carbocycles. The highest BCUT2D eigenvalue weighted by Gasteiger charge is 2.30.